The van der Waals surface area contributed by atoms with Gasteiger partial charge >= 0.3 is 0 Å². The summed E-state index contributed by atoms with van der Waals surface area (Å²) in [5.74, 6) is -0.901. The number of amides is 1. The molecular formula is C20H19N5O3. The number of ketones is 1. The molecule has 0 saturated carbocycles. The second kappa shape index (κ2) is 7.83. The van der Waals surface area contributed by atoms with Gasteiger partial charge in [0, 0.05) is 35.8 Å². The van der Waals surface area contributed by atoms with Gasteiger partial charge in [0.15, 0.2) is 5.78 Å². The van der Waals surface area contributed by atoms with Crippen molar-refractivity contribution in [1.82, 2.24) is 14.8 Å². The Morgan fingerprint density at radius 2 is 1.89 bits per heavy atom. The van der Waals surface area contributed by atoms with Gasteiger partial charge in [0.05, 0.1) is 5.56 Å². The number of rotatable bonds is 6. The van der Waals surface area contributed by atoms with Crippen LogP contribution in [0.3, 0.4) is 0 Å². The summed E-state index contributed by atoms with van der Waals surface area (Å²) in [6.07, 6.45) is 3.18. The molecule has 3 N–H and O–H groups in total. The minimum absolute atomic E-state index is 0.0952. The second-order valence-electron chi connectivity index (χ2n) is 6.08. The molecule has 0 atom stereocenters. The molecule has 2 aromatic heterocycles. The van der Waals surface area contributed by atoms with Crippen molar-refractivity contribution in [2.75, 3.05) is 5.32 Å². The molecule has 0 aliphatic heterocycles. The number of pyridine rings is 1. The van der Waals surface area contributed by atoms with E-state index in [1.807, 2.05) is 0 Å². The van der Waals surface area contributed by atoms with Gasteiger partial charge in [0.2, 0.25) is 5.91 Å². The first-order valence-electron chi connectivity index (χ1n) is 8.65. The average Bonchev–Trinajstić information content (AvgIpc) is 2.69. The van der Waals surface area contributed by atoms with Crippen LogP contribution >= 0.6 is 0 Å². The number of aromatic nitrogens is 3. The highest BCUT2D eigenvalue weighted by Gasteiger charge is 2.22. The van der Waals surface area contributed by atoms with Gasteiger partial charge in [-0.1, -0.05) is 6.07 Å². The zero-order chi connectivity index (χ0) is 20.3. The number of carbonyl (C=O) groups excluding carboxylic acids is 2. The summed E-state index contributed by atoms with van der Waals surface area (Å²) in [5.41, 5.74) is 6.95. The van der Waals surface area contributed by atoms with Gasteiger partial charge < -0.3 is 11.1 Å². The Hall–Kier alpha value is -3.81. The van der Waals surface area contributed by atoms with Crippen molar-refractivity contribution < 1.29 is 9.59 Å². The van der Waals surface area contributed by atoms with Crippen LogP contribution in [-0.2, 0) is 6.54 Å². The maximum atomic E-state index is 12.9. The van der Waals surface area contributed by atoms with E-state index >= 15 is 0 Å². The van der Waals surface area contributed by atoms with E-state index in [1.54, 1.807) is 49.6 Å². The van der Waals surface area contributed by atoms with Crippen LogP contribution in [0.25, 0.3) is 11.3 Å². The summed E-state index contributed by atoms with van der Waals surface area (Å²) < 4.78 is 1.28. The fourth-order valence-corrected chi connectivity index (χ4v) is 2.85. The molecule has 0 aliphatic carbocycles. The van der Waals surface area contributed by atoms with Crippen LogP contribution in [0, 0.1) is 0 Å². The van der Waals surface area contributed by atoms with E-state index in [0.717, 1.165) is 0 Å². The molecule has 0 fully saturated rings. The van der Waals surface area contributed by atoms with Gasteiger partial charge in [-0.15, -0.1) is 0 Å². The van der Waals surface area contributed by atoms with E-state index in [9.17, 15) is 14.4 Å². The average molecular weight is 377 g/mol. The van der Waals surface area contributed by atoms with Gasteiger partial charge in [0.25, 0.3) is 5.56 Å². The van der Waals surface area contributed by atoms with Crippen LogP contribution in [-0.4, -0.2) is 26.5 Å². The van der Waals surface area contributed by atoms with Crippen molar-refractivity contribution >= 4 is 23.1 Å². The molecule has 0 bridgehead atoms. The van der Waals surface area contributed by atoms with Crippen LogP contribution in [0.15, 0.2) is 53.6 Å². The highest BCUT2D eigenvalue weighted by Crippen LogP contribution is 2.27. The van der Waals surface area contributed by atoms with Gasteiger partial charge in [-0.05, 0) is 44.2 Å². The van der Waals surface area contributed by atoms with E-state index in [1.165, 1.54) is 17.7 Å². The third kappa shape index (κ3) is 3.66. The minimum Gasteiger partial charge on any atom is -0.366 e. The van der Waals surface area contributed by atoms with Crippen LogP contribution in [0.5, 0.6) is 0 Å². The van der Waals surface area contributed by atoms with Crippen molar-refractivity contribution in [2.24, 2.45) is 5.73 Å². The lowest BCUT2D eigenvalue weighted by molar-refractivity contribution is 0.0996. The number of hydrogen-bond donors (Lipinski definition) is 2. The van der Waals surface area contributed by atoms with Crippen LogP contribution in [0.2, 0.25) is 0 Å². The Morgan fingerprint density at radius 3 is 2.50 bits per heavy atom. The molecule has 8 heteroatoms. The van der Waals surface area contributed by atoms with E-state index in [0.29, 0.717) is 23.5 Å². The maximum absolute atomic E-state index is 12.9. The summed E-state index contributed by atoms with van der Waals surface area (Å²) in [5, 5.41) is 7.36. The predicted octanol–water partition coefficient (Wildman–Crippen LogP) is 2.37. The smallest absolute Gasteiger partial charge is 0.291 e. The topological polar surface area (TPSA) is 120 Å². The molecule has 3 aromatic rings. The molecule has 0 saturated heterocycles. The molecule has 3 rings (SSSR count). The van der Waals surface area contributed by atoms with Crippen LogP contribution in [0.4, 0.5) is 11.4 Å². The Labute approximate surface area is 161 Å². The number of nitrogens with one attached hydrogen (secondary N) is 1. The monoisotopic (exact) mass is 377 g/mol. The normalized spacial score (nSPS) is 10.5. The minimum atomic E-state index is -0.589. The zero-order valence-electron chi connectivity index (χ0n) is 15.5. The lowest BCUT2D eigenvalue weighted by Crippen LogP contribution is -2.28. The van der Waals surface area contributed by atoms with Crippen molar-refractivity contribution in [3.05, 3.63) is 70.3 Å². The van der Waals surface area contributed by atoms with E-state index in [4.69, 9.17) is 5.73 Å². The van der Waals surface area contributed by atoms with Gasteiger partial charge in [-0.25, -0.2) is 4.68 Å². The Bertz CT molecular complexity index is 1110. The quantitative estimate of drug-likeness (QED) is 0.636. The Balaban J connectivity index is 2.25. The standard InChI is InChI=1S/C20H19N5O3/c1-3-25-20(28)18(23-15-6-4-5-14(11-15)19(21)27)16(12(2)26)17(24-25)13-7-9-22-10-8-13/h4-11,23H,3H2,1-2H3,(H2,21,27). The number of anilines is 2. The van der Waals surface area contributed by atoms with E-state index < -0.39 is 11.5 Å². The molecule has 142 valence electrons. The van der Waals surface area contributed by atoms with E-state index in [-0.39, 0.29) is 22.6 Å². The molecule has 0 spiro atoms. The fourth-order valence-electron chi connectivity index (χ4n) is 2.85. The molecule has 0 aliphatic rings. The first-order chi connectivity index (χ1) is 13.4. The highest BCUT2D eigenvalue weighted by molar-refractivity contribution is 6.05. The SMILES string of the molecule is CCn1nc(-c2ccncc2)c(C(C)=O)c(Nc2cccc(C(N)=O)c2)c1=O. The zero-order valence-corrected chi connectivity index (χ0v) is 15.5. The predicted molar refractivity (Wildman–Crippen MR) is 106 cm³/mol. The number of primary amides is 1. The summed E-state index contributed by atoms with van der Waals surface area (Å²) in [4.78, 5) is 40.8. The number of nitrogens with zero attached hydrogens (tertiary/aromatic N) is 3. The van der Waals surface area contributed by atoms with Crippen molar-refractivity contribution in [2.45, 2.75) is 20.4 Å². The lowest BCUT2D eigenvalue weighted by Gasteiger charge is -2.16. The number of benzene rings is 1. The molecule has 1 aromatic carbocycles. The summed E-state index contributed by atoms with van der Waals surface area (Å²) in [6.45, 7) is 3.49. The van der Waals surface area contributed by atoms with Crippen LogP contribution < -0.4 is 16.6 Å². The molecule has 8 nitrogen and oxygen atoms in total. The van der Waals surface area contributed by atoms with Crippen molar-refractivity contribution in [1.29, 1.82) is 0 Å². The summed E-state index contributed by atoms with van der Waals surface area (Å²) >= 11 is 0. The third-order valence-corrected chi connectivity index (χ3v) is 4.18. The fraction of sp³-hybridized carbons (Fsp3) is 0.150. The molecule has 0 radical (unpaired) electrons. The van der Waals surface area contributed by atoms with Crippen LogP contribution in [0.1, 0.15) is 34.6 Å². The summed E-state index contributed by atoms with van der Waals surface area (Å²) in [6, 6.07) is 9.85. The van der Waals surface area contributed by atoms with E-state index in [2.05, 4.69) is 15.4 Å². The molecular weight excluding hydrogens is 358 g/mol. The second-order valence-corrected chi connectivity index (χ2v) is 6.08. The molecule has 28 heavy (non-hydrogen) atoms. The lowest BCUT2D eigenvalue weighted by atomic mass is 10.0. The van der Waals surface area contributed by atoms with Crippen molar-refractivity contribution in [3.8, 4) is 11.3 Å². The first kappa shape index (κ1) is 19.0. The number of aryl methyl sites for hydroxylation is 1. The molecule has 0 unspecified atom stereocenters. The third-order valence-electron chi connectivity index (χ3n) is 4.18. The summed E-state index contributed by atoms with van der Waals surface area (Å²) in [7, 11) is 0. The van der Waals surface area contributed by atoms with Crippen molar-refractivity contribution in [3.63, 3.8) is 0 Å². The van der Waals surface area contributed by atoms with Gasteiger partial charge in [0.1, 0.15) is 11.4 Å². The molecule has 1 amide bonds. The molecule has 2 heterocycles. The largest absolute Gasteiger partial charge is 0.366 e. The maximum Gasteiger partial charge on any atom is 0.291 e. The Morgan fingerprint density at radius 1 is 1.18 bits per heavy atom. The van der Waals surface area contributed by atoms with Gasteiger partial charge in [-0.3, -0.25) is 19.4 Å². The number of carbonyl (C=O) groups is 2. The highest BCUT2D eigenvalue weighted by atomic mass is 16.1. The number of nitrogens with two attached hydrogens (primary N) is 1. The number of hydrogen-bond acceptors (Lipinski definition) is 6. The Kier molecular flexibility index (Phi) is 5.30. The first-order valence-corrected chi connectivity index (χ1v) is 8.65. The van der Waals surface area contributed by atoms with Gasteiger partial charge in [-0.2, -0.15) is 5.10 Å². The number of Topliss-reactive ketones (excluding diaryl/α,β-unsaturated/α-hetero) is 1.